The summed E-state index contributed by atoms with van der Waals surface area (Å²) in [6.07, 6.45) is 0. The summed E-state index contributed by atoms with van der Waals surface area (Å²) in [5.74, 6) is -0.765. The Kier molecular flexibility index (Phi) is 5.51. The van der Waals surface area contributed by atoms with Gasteiger partial charge in [-0.15, -0.1) is 0 Å². The number of rotatable bonds is 5. The minimum Gasteiger partial charge on any atom is -0.467 e. The molecular formula is C14H21N2O3+. The van der Waals surface area contributed by atoms with Crippen LogP contribution in [0.3, 0.4) is 0 Å². The van der Waals surface area contributed by atoms with Crippen LogP contribution in [0.15, 0.2) is 30.3 Å². The number of nitrogens with one attached hydrogen (secondary N) is 1. The lowest BCUT2D eigenvalue weighted by molar-refractivity contribution is -0.409. The van der Waals surface area contributed by atoms with E-state index in [1.807, 2.05) is 44.2 Å². The maximum atomic E-state index is 12.1. The minimum atomic E-state index is -0.648. The summed E-state index contributed by atoms with van der Waals surface area (Å²) in [7, 11) is 1.31. The van der Waals surface area contributed by atoms with Gasteiger partial charge in [-0.2, -0.15) is 0 Å². The van der Waals surface area contributed by atoms with Gasteiger partial charge in [-0.05, 0) is 5.92 Å². The van der Waals surface area contributed by atoms with Crippen LogP contribution in [0.4, 0.5) is 0 Å². The maximum Gasteiger partial charge on any atom is 0.328 e. The second-order valence-electron chi connectivity index (χ2n) is 4.72. The number of methoxy groups -OCH3 is 1. The van der Waals surface area contributed by atoms with Gasteiger partial charge in [0.2, 0.25) is 0 Å². The monoisotopic (exact) mass is 265 g/mol. The third-order valence-corrected chi connectivity index (χ3v) is 2.94. The normalized spacial score (nSPS) is 13.7. The molecule has 0 aliphatic rings. The predicted octanol–water partition coefficient (Wildman–Crippen LogP) is 0.283. The Balaban J connectivity index is 2.75. The molecule has 0 spiro atoms. The zero-order valence-electron chi connectivity index (χ0n) is 11.6. The van der Waals surface area contributed by atoms with Crippen LogP contribution in [0.1, 0.15) is 25.5 Å². The van der Waals surface area contributed by atoms with E-state index in [1.165, 1.54) is 7.11 Å². The van der Waals surface area contributed by atoms with Crippen molar-refractivity contribution in [3.63, 3.8) is 0 Å². The fraction of sp³-hybridized carbons (Fsp3) is 0.429. The molecule has 0 bridgehead atoms. The van der Waals surface area contributed by atoms with Crippen LogP contribution in [-0.2, 0) is 14.3 Å². The summed E-state index contributed by atoms with van der Waals surface area (Å²) in [5.41, 5.74) is 4.65. The molecule has 1 rings (SSSR count). The van der Waals surface area contributed by atoms with Crippen molar-refractivity contribution in [2.45, 2.75) is 25.9 Å². The van der Waals surface area contributed by atoms with Gasteiger partial charge in [0, 0.05) is 5.56 Å². The molecule has 2 atom stereocenters. The second-order valence-corrected chi connectivity index (χ2v) is 4.72. The largest absolute Gasteiger partial charge is 0.467 e. The summed E-state index contributed by atoms with van der Waals surface area (Å²) < 4.78 is 4.69. The van der Waals surface area contributed by atoms with Crippen molar-refractivity contribution >= 4 is 11.9 Å². The van der Waals surface area contributed by atoms with Crippen molar-refractivity contribution in [1.29, 1.82) is 0 Å². The predicted molar refractivity (Wildman–Crippen MR) is 70.9 cm³/mol. The van der Waals surface area contributed by atoms with E-state index < -0.39 is 18.1 Å². The summed E-state index contributed by atoms with van der Waals surface area (Å²) in [4.78, 5) is 23.7. The standard InChI is InChI=1S/C14H20N2O3/c1-9(2)12(14(18)19-3)16-13(17)11(15)10-7-5-4-6-8-10/h4-9,11-12H,15H2,1-3H3,(H,16,17)/p+1/t11-,12+/m1/s1. The van der Waals surface area contributed by atoms with E-state index in [-0.39, 0.29) is 11.8 Å². The molecule has 0 heterocycles. The van der Waals surface area contributed by atoms with Gasteiger partial charge in [0.1, 0.15) is 6.04 Å². The van der Waals surface area contributed by atoms with Gasteiger partial charge in [-0.3, -0.25) is 4.79 Å². The molecule has 0 radical (unpaired) electrons. The number of benzene rings is 1. The number of quaternary nitrogens is 1. The molecule has 1 amide bonds. The van der Waals surface area contributed by atoms with Crippen LogP contribution >= 0.6 is 0 Å². The van der Waals surface area contributed by atoms with Crippen molar-refractivity contribution in [2.24, 2.45) is 5.92 Å². The van der Waals surface area contributed by atoms with Crippen molar-refractivity contribution in [1.82, 2.24) is 5.32 Å². The average Bonchev–Trinajstić information content (AvgIpc) is 2.43. The fourth-order valence-corrected chi connectivity index (χ4v) is 1.72. The van der Waals surface area contributed by atoms with Crippen LogP contribution in [0.25, 0.3) is 0 Å². The molecule has 0 saturated carbocycles. The Labute approximate surface area is 113 Å². The molecule has 0 aromatic heterocycles. The third-order valence-electron chi connectivity index (χ3n) is 2.94. The van der Waals surface area contributed by atoms with E-state index in [4.69, 9.17) is 0 Å². The number of carbonyl (C=O) groups is 2. The number of hydrogen-bond acceptors (Lipinski definition) is 3. The van der Waals surface area contributed by atoms with E-state index >= 15 is 0 Å². The summed E-state index contributed by atoms with van der Waals surface area (Å²) in [6.45, 7) is 3.70. The van der Waals surface area contributed by atoms with E-state index in [9.17, 15) is 9.59 Å². The topological polar surface area (TPSA) is 83.0 Å². The van der Waals surface area contributed by atoms with Crippen molar-refractivity contribution in [3.8, 4) is 0 Å². The molecule has 1 aromatic carbocycles. The molecule has 1 aromatic rings. The minimum absolute atomic E-state index is 0.0422. The van der Waals surface area contributed by atoms with Crippen LogP contribution in [0.5, 0.6) is 0 Å². The number of carbonyl (C=O) groups excluding carboxylic acids is 2. The number of hydrogen-bond donors (Lipinski definition) is 2. The van der Waals surface area contributed by atoms with Crippen LogP contribution in [0, 0.1) is 5.92 Å². The average molecular weight is 265 g/mol. The Morgan fingerprint density at radius 3 is 2.26 bits per heavy atom. The van der Waals surface area contributed by atoms with Crippen molar-refractivity contribution < 1.29 is 20.1 Å². The lowest BCUT2D eigenvalue weighted by Crippen LogP contribution is -2.62. The van der Waals surface area contributed by atoms with Crippen molar-refractivity contribution in [3.05, 3.63) is 35.9 Å². The first-order valence-corrected chi connectivity index (χ1v) is 6.23. The second kappa shape index (κ2) is 6.89. The summed E-state index contributed by atoms with van der Waals surface area (Å²) in [5, 5.41) is 2.69. The SMILES string of the molecule is COC(=O)[C@@H](NC(=O)[C@H]([NH3+])c1ccccc1)C(C)C. The highest BCUT2D eigenvalue weighted by Crippen LogP contribution is 2.10. The molecule has 5 nitrogen and oxygen atoms in total. The van der Waals surface area contributed by atoms with E-state index in [2.05, 4.69) is 15.8 Å². The van der Waals surface area contributed by atoms with Crippen LogP contribution in [0.2, 0.25) is 0 Å². The van der Waals surface area contributed by atoms with E-state index in [0.29, 0.717) is 0 Å². The fourth-order valence-electron chi connectivity index (χ4n) is 1.72. The molecule has 0 aliphatic heterocycles. The first-order chi connectivity index (χ1) is 8.97. The van der Waals surface area contributed by atoms with Gasteiger partial charge in [-0.1, -0.05) is 44.2 Å². The highest BCUT2D eigenvalue weighted by Gasteiger charge is 2.29. The molecule has 0 fully saturated rings. The first-order valence-electron chi connectivity index (χ1n) is 6.23. The smallest absolute Gasteiger partial charge is 0.328 e. The van der Waals surface area contributed by atoms with Gasteiger partial charge in [0.05, 0.1) is 7.11 Å². The first kappa shape index (κ1) is 15.2. The van der Waals surface area contributed by atoms with Gasteiger partial charge in [0.25, 0.3) is 5.91 Å². The molecule has 0 unspecified atom stereocenters. The number of ether oxygens (including phenoxy) is 1. The van der Waals surface area contributed by atoms with Gasteiger partial charge < -0.3 is 15.8 Å². The Hall–Kier alpha value is -1.88. The van der Waals surface area contributed by atoms with E-state index in [1.54, 1.807) is 0 Å². The van der Waals surface area contributed by atoms with Gasteiger partial charge in [-0.25, -0.2) is 4.79 Å². The highest BCUT2D eigenvalue weighted by molar-refractivity contribution is 5.87. The molecule has 0 saturated heterocycles. The quantitative estimate of drug-likeness (QED) is 0.750. The zero-order chi connectivity index (χ0) is 14.4. The summed E-state index contributed by atoms with van der Waals surface area (Å²) in [6, 6.07) is 8.04. The van der Waals surface area contributed by atoms with Crippen LogP contribution in [-0.4, -0.2) is 25.0 Å². The van der Waals surface area contributed by atoms with Crippen molar-refractivity contribution in [2.75, 3.05) is 7.11 Å². The lowest BCUT2D eigenvalue weighted by Gasteiger charge is -2.20. The van der Waals surface area contributed by atoms with Crippen LogP contribution < -0.4 is 11.1 Å². The Morgan fingerprint density at radius 1 is 1.21 bits per heavy atom. The number of amides is 1. The molecule has 0 aliphatic carbocycles. The molecular weight excluding hydrogens is 244 g/mol. The Morgan fingerprint density at radius 2 is 1.79 bits per heavy atom. The number of esters is 1. The molecule has 4 N–H and O–H groups in total. The molecule has 5 heteroatoms. The van der Waals surface area contributed by atoms with E-state index in [0.717, 1.165) is 5.56 Å². The molecule has 104 valence electrons. The summed E-state index contributed by atoms with van der Waals surface area (Å²) >= 11 is 0. The highest BCUT2D eigenvalue weighted by atomic mass is 16.5. The van der Waals surface area contributed by atoms with Gasteiger partial charge in [0.15, 0.2) is 6.04 Å². The Bertz CT molecular complexity index is 432. The third kappa shape index (κ3) is 4.06. The van der Waals surface area contributed by atoms with Gasteiger partial charge >= 0.3 is 5.97 Å². The lowest BCUT2D eigenvalue weighted by atomic mass is 10.0. The molecule has 19 heavy (non-hydrogen) atoms. The zero-order valence-corrected chi connectivity index (χ0v) is 11.6. The maximum absolute atomic E-state index is 12.1.